The van der Waals surface area contributed by atoms with E-state index in [9.17, 15) is 14.9 Å². The summed E-state index contributed by atoms with van der Waals surface area (Å²) in [5.74, 6) is 0.331. The number of carbonyl (C=O) groups excluding carboxylic acids is 1. The van der Waals surface area contributed by atoms with Crippen molar-refractivity contribution in [1.29, 1.82) is 0 Å². The quantitative estimate of drug-likeness (QED) is 0.470. The molecule has 100 valence electrons. The summed E-state index contributed by atoms with van der Waals surface area (Å²) >= 11 is 0. The third kappa shape index (κ3) is 3.09. The predicted molar refractivity (Wildman–Crippen MR) is 67.8 cm³/mol. The van der Waals surface area contributed by atoms with Gasteiger partial charge < -0.3 is 9.15 Å². The first kappa shape index (κ1) is 13.1. The Kier molecular flexibility index (Phi) is 3.79. The summed E-state index contributed by atoms with van der Waals surface area (Å²) in [4.78, 5) is 21.4. The van der Waals surface area contributed by atoms with Crippen molar-refractivity contribution in [2.24, 2.45) is 0 Å². The van der Waals surface area contributed by atoms with Gasteiger partial charge in [-0.15, -0.1) is 0 Å². The lowest BCUT2D eigenvalue weighted by Gasteiger charge is -1.98. The molecule has 0 bridgehead atoms. The molecule has 6 heteroatoms. The molecule has 0 unspecified atom stereocenters. The Morgan fingerprint density at radius 2 is 2.21 bits per heavy atom. The highest BCUT2D eigenvalue weighted by Crippen LogP contribution is 2.24. The minimum Gasteiger partial charge on any atom is -0.466 e. The highest BCUT2D eigenvalue weighted by atomic mass is 16.6. The first-order valence-corrected chi connectivity index (χ1v) is 5.92. The molecule has 0 saturated heterocycles. The van der Waals surface area contributed by atoms with Crippen LogP contribution in [0.3, 0.4) is 0 Å². The predicted octanol–water partition coefficient (Wildman–Crippen LogP) is 2.84. The molecule has 0 aliphatic rings. The maximum absolute atomic E-state index is 11.2. The number of fused-ring (bicyclic) bond motifs is 1. The number of nitro benzene ring substituents is 1. The van der Waals surface area contributed by atoms with Crippen molar-refractivity contribution in [1.82, 2.24) is 0 Å². The number of benzene rings is 1. The first-order chi connectivity index (χ1) is 9.10. The Bertz CT molecular complexity index is 617. The number of aryl methyl sites for hydroxylation is 1. The number of ether oxygens (including phenoxy) is 1. The average molecular weight is 263 g/mol. The van der Waals surface area contributed by atoms with Gasteiger partial charge in [0.1, 0.15) is 11.3 Å². The third-order valence-corrected chi connectivity index (χ3v) is 2.64. The molecule has 0 spiro atoms. The molecular weight excluding hydrogens is 250 g/mol. The lowest BCUT2D eigenvalue weighted by atomic mass is 10.2. The van der Waals surface area contributed by atoms with Crippen molar-refractivity contribution < 1.29 is 18.9 Å². The van der Waals surface area contributed by atoms with Crippen LogP contribution in [0.15, 0.2) is 28.7 Å². The summed E-state index contributed by atoms with van der Waals surface area (Å²) in [6.07, 6.45) is 0.650. The van der Waals surface area contributed by atoms with Gasteiger partial charge in [0.2, 0.25) is 0 Å². The zero-order valence-electron chi connectivity index (χ0n) is 10.4. The monoisotopic (exact) mass is 263 g/mol. The Morgan fingerprint density at radius 1 is 1.42 bits per heavy atom. The number of non-ortho nitro benzene ring substituents is 1. The van der Waals surface area contributed by atoms with Crippen molar-refractivity contribution in [2.75, 3.05) is 6.61 Å². The van der Waals surface area contributed by atoms with E-state index < -0.39 is 4.92 Å². The zero-order valence-corrected chi connectivity index (χ0v) is 10.4. The van der Waals surface area contributed by atoms with Gasteiger partial charge in [-0.2, -0.15) is 0 Å². The number of carbonyl (C=O) groups is 1. The molecule has 0 N–H and O–H groups in total. The lowest BCUT2D eigenvalue weighted by Crippen LogP contribution is -2.04. The van der Waals surface area contributed by atoms with Gasteiger partial charge >= 0.3 is 5.97 Å². The van der Waals surface area contributed by atoms with Crippen molar-refractivity contribution in [3.8, 4) is 0 Å². The Balaban J connectivity index is 2.13. The van der Waals surface area contributed by atoms with Crippen molar-refractivity contribution >= 4 is 22.6 Å². The van der Waals surface area contributed by atoms with Crippen LogP contribution in [0, 0.1) is 10.1 Å². The molecule has 0 radical (unpaired) electrons. The van der Waals surface area contributed by atoms with Gasteiger partial charge in [0, 0.05) is 23.9 Å². The van der Waals surface area contributed by atoms with Crippen LogP contribution in [-0.4, -0.2) is 17.5 Å². The van der Waals surface area contributed by atoms with E-state index in [2.05, 4.69) is 0 Å². The Labute approximate surface area is 109 Å². The van der Waals surface area contributed by atoms with Gasteiger partial charge in [-0.3, -0.25) is 14.9 Å². The number of hydrogen-bond acceptors (Lipinski definition) is 5. The second-order valence-corrected chi connectivity index (χ2v) is 4.00. The van der Waals surface area contributed by atoms with Crippen molar-refractivity contribution in [3.05, 3.63) is 40.1 Å². The van der Waals surface area contributed by atoms with Crippen LogP contribution in [0.2, 0.25) is 0 Å². The fourth-order valence-electron chi connectivity index (χ4n) is 1.78. The second-order valence-electron chi connectivity index (χ2n) is 4.00. The van der Waals surface area contributed by atoms with Gasteiger partial charge in [0.25, 0.3) is 5.69 Å². The number of esters is 1. The third-order valence-electron chi connectivity index (χ3n) is 2.64. The van der Waals surface area contributed by atoms with Crippen LogP contribution in [-0.2, 0) is 16.0 Å². The van der Waals surface area contributed by atoms with E-state index in [-0.39, 0.29) is 18.1 Å². The molecule has 2 rings (SSSR count). The molecule has 0 fully saturated rings. The van der Waals surface area contributed by atoms with E-state index >= 15 is 0 Å². The molecule has 2 aromatic rings. The van der Waals surface area contributed by atoms with Crippen LogP contribution in [0.1, 0.15) is 19.1 Å². The number of hydrogen-bond donors (Lipinski definition) is 0. The van der Waals surface area contributed by atoms with E-state index in [1.54, 1.807) is 19.1 Å². The minimum absolute atomic E-state index is 0.0187. The van der Waals surface area contributed by atoms with Crippen molar-refractivity contribution in [3.63, 3.8) is 0 Å². The Morgan fingerprint density at radius 3 is 2.89 bits per heavy atom. The fraction of sp³-hybridized carbons (Fsp3) is 0.308. The maximum Gasteiger partial charge on any atom is 0.306 e. The van der Waals surface area contributed by atoms with E-state index in [4.69, 9.17) is 9.15 Å². The van der Waals surface area contributed by atoms with Gasteiger partial charge in [-0.1, -0.05) is 0 Å². The molecule has 19 heavy (non-hydrogen) atoms. The van der Waals surface area contributed by atoms with Crippen LogP contribution < -0.4 is 0 Å². The standard InChI is InChI=1S/C13H13NO5/c1-2-18-13(15)6-4-11-8-9-7-10(14(16)17)3-5-12(9)19-11/h3,5,7-8H,2,4,6H2,1H3. The topological polar surface area (TPSA) is 82.6 Å². The van der Waals surface area contributed by atoms with Crippen LogP contribution in [0.4, 0.5) is 5.69 Å². The lowest BCUT2D eigenvalue weighted by molar-refractivity contribution is -0.384. The van der Waals surface area contributed by atoms with Crippen molar-refractivity contribution in [2.45, 2.75) is 19.8 Å². The molecule has 1 heterocycles. The SMILES string of the molecule is CCOC(=O)CCc1cc2cc([N+](=O)[O-])ccc2o1. The number of furan rings is 1. The summed E-state index contributed by atoms with van der Waals surface area (Å²) in [5.41, 5.74) is 0.592. The van der Waals surface area contributed by atoms with Gasteiger partial charge in [0.05, 0.1) is 18.0 Å². The first-order valence-electron chi connectivity index (χ1n) is 5.92. The molecule has 1 aromatic heterocycles. The average Bonchev–Trinajstić information content (AvgIpc) is 2.78. The normalized spacial score (nSPS) is 10.6. The van der Waals surface area contributed by atoms with Gasteiger partial charge in [0.15, 0.2) is 0 Å². The fourth-order valence-corrected chi connectivity index (χ4v) is 1.78. The van der Waals surface area contributed by atoms with Crippen LogP contribution >= 0.6 is 0 Å². The van der Waals surface area contributed by atoms with E-state index in [1.807, 2.05) is 0 Å². The Hall–Kier alpha value is -2.37. The van der Waals surface area contributed by atoms with Gasteiger partial charge in [-0.05, 0) is 19.1 Å². The molecule has 6 nitrogen and oxygen atoms in total. The second kappa shape index (κ2) is 5.51. The van der Waals surface area contributed by atoms with Crippen LogP contribution in [0.5, 0.6) is 0 Å². The summed E-state index contributed by atoms with van der Waals surface area (Å²) < 4.78 is 10.3. The number of nitro groups is 1. The number of nitrogens with zero attached hydrogens (tertiary/aromatic N) is 1. The minimum atomic E-state index is -0.454. The highest BCUT2D eigenvalue weighted by molar-refractivity contribution is 5.80. The summed E-state index contributed by atoms with van der Waals surface area (Å²) in [7, 11) is 0. The summed E-state index contributed by atoms with van der Waals surface area (Å²) in [6, 6.07) is 6.11. The van der Waals surface area contributed by atoms with E-state index in [0.717, 1.165) is 0 Å². The molecular formula is C13H13NO5. The van der Waals surface area contributed by atoms with Gasteiger partial charge in [-0.25, -0.2) is 0 Å². The van der Waals surface area contributed by atoms with Crippen LogP contribution in [0.25, 0.3) is 11.0 Å². The summed E-state index contributed by atoms with van der Waals surface area (Å²) in [5, 5.41) is 11.3. The molecule has 0 atom stereocenters. The molecule has 0 saturated carbocycles. The summed E-state index contributed by atoms with van der Waals surface area (Å²) in [6.45, 7) is 2.10. The molecule has 1 aromatic carbocycles. The number of rotatable bonds is 5. The largest absolute Gasteiger partial charge is 0.466 e. The van der Waals surface area contributed by atoms with E-state index in [1.165, 1.54) is 12.1 Å². The maximum atomic E-state index is 11.2. The highest BCUT2D eigenvalue weighted by Gasteiger charge is 2.11. The molecule has 0 aliphatic heterocycles. The molecule has 0 amide bonds. The molecule has 0 aliphatic carbocycles. The smallest absolute Gasteiger partial charge is 0.306 e. The zero-order chi connectivity index (χ0) is 13.8. The van der Waals surface area contributed by atoms with E-state index in [0.29, 0.717) is 29.8 Å².